The van der Waals surface area contributed by atoms with Crippen LogP contribution in [0.15, 0.2) is 89.8 Å². The van der Waals surface area contributed by atoms with Crippen LogP contribution < -0.4 is 15.5 Å². The molecule has 16 heteroatoms. The monoisotopic (exact) mass is 621 g/mol. The molecular weight excluding hydrogens is 597 g/mol. The molecule has 0 aliphatic heterocycles. The number of H-pyrrole nitrogens is 2. The maximum absolute atomic E-state index is 14.0. The fraction of sp³-hybridized carbons (Fsp3) is 0.100. The van der Waals surface area contributed by atoms with E-state index < -0.39 is 23.5 Å². The molecule has 0 aliphatic rings. The van der Waals surface area contributed by atoms with Crippen molar-refractivity contribution >= 4 is 35.3 Å². The molecule has 0 aliphatic carbocycles. The van der Waals surface area contributed by atoms with Gasteiger partial charge >= 0.3 is 0 Å². The fourth-order valence-electron chi connectivity index (χ4n) is 4.36. The van der Waals surface area contributed by atoms with E-state index in [1.807, 2.05) is 0 Å². The van der Waals surface area contributed by atoms with Gasteiger partial charge in [0, 0.05) is 25.4 Å². The van der Waals surface area contributed by atoms with Crippen LogP contribution in [0, 0.1) is 5.82 Å². The van der Waals surface area contributed by atoms with Gasteiger partial charge in [0.1, 0.15) is 17.2 Å². The highest BCUT2D eigenvalue weighted by Crippen LogP contribution is 2.27. The van der Waals surface area contributed by atoms with E-state index in [1.54, 1.807) is 48.7 Å². The number of nitrogens with one attached hydrogen (secondary N) is 4. The van der Waals surface area contributed by atoms with Crippen LogP contribution in [-0.2, 0) is 16.0 Å². The van der Waals surface area contributed by atoms with Gasteiger partial charge in [-0.2, -0.15) is 0 Å². The summed E-state index contributed by atoms with van der Waals surface area (Å²) >= 11 is 0. The summed E-state index contributed by atoms with van der Waals surface area (Å²) in [5.74, 6) is -1.12. The summed E-state index contributed by atoms with van der Waals surface area (Å²) in [5.41, 5.74) is 1.38. The number of aromatic amines is 2. The molecule has 1 aromatic carbocycles. The molecule has 230 valence electrons. The van der Waals surface area contributed by atoms with Gasteiger partial charge in [-0.3, -0.25) is 29.7 Å². The van der Waals surface area contributed by atoms with E-state index in [0.717, 1.165) is 0 Å². The van der Waals surface area contributed by atoms with Gasteiger partial charge in [-0.15, -0.1) is 20.4 Å². The SMILES string of the molecule is O=C(Cc1ccccc1F)Nc1nnc(-c2cc(N(C(=O)CCNC(=O)c3ccco3)c3nnc(-c4ccccn4)[nH]3)ccn2)[nH]1. The lowest BCUT2D eigenvalue weighted by molar-refractivity contribution is -0.118. The highest BCUT2D eigenvalue weighted by Gasteiger charge is 2.24. The number of anilines is 3. The van der Waals surface area contributed by atoms with Crippen molar-refractivity contribution in [3.63, 3.8) is 0 Å². The van der Waals surface area contributed by atoms with E-state index in [-0.39, 0.29) is 54.1 Å². The lowest BCUT2D eigenvalue weighted by Gasteiger charge is -2.20. The van der Waals surface area contributed by atoms with Gasteiger partial charge in [-0.05, 0) is 48.0 Å². The summed E-state index contributed by atoms with van der Waals surface area (Å²) < 4.78 is 19.1. The van der Waals surface area contributed by atoms with Crippen molar-refractivity contribution in [1.29, 1.82) is 0 Å². The third-order valence-electron chi connectivity index (χ3n) is 6.51. The molecular formula is C30H24FN11O4. The van der Waals surface area contributed by atoms with Gasteiger partial charge in [-0.25, -0.2) is 9.29 Å². The number of rotatable bonds is 11. The van der Waals surface area contributed by atoms with E-state index in [1.165, 1.54) is 41.6 Å². The maximum atomic E-state index is 14.0. The molecule has 0 saturated heterocycles. The zero-order valence-electron chi connectivity index (χ0n) is 23.8. The van der Waals surface area contributed by atoms with Crippen LogP contribution in [0.5, 0.6) is 0 Å². The standard InChI is InChI=1S/C30H24FN11O4/c31-20-7-2-1-6-18(20)16-24(43)35-29-36-27(38-40-29)22-17-19(10-13-33-22)42(25(44)11-14-34-28(45)23-9-5-15-46-23)30-37-26(39-41-30)21-8-3-4-12-32-21/h1-10,12-13,15,17H,11,14,16H2,(H,34,45)(H,37,39,41)(H2,35,36,38,40,43). The van der Waals surface area contributed by atoms with Gasteiger partial charge in [0.05, 0.1) is 18.4 Å². The molecule has 6 rings (SSSR count). The molecule has 6 aromatic rings. The molecule has 0 saturated carbocycles. The molecule has 0 fully saturated rings. The van der Waals surface area contributed by atoms with Crippen molar-refractivity contribution in [2.24, 2.45) is 0 Å². The van der Waals surface area contributed by atoms with Gasteiger partial charge in [0.25, 0.3) is 5.91 Å². The summed E-state index contributed by atoms with van der Waals surface area (Å²) in [6, 6.07) is 17.5. The normalized spacial score (nSPS) is 10.8. The number of furan rings is 1. The van der Waals surface area contributed by atoms with E-state index in [9.17, 15) is 18.8 Å². The molecule has 4 N–H and O–H groups in total. The van der Waals surface area contributed by atoms with Crippen molar-refractivity contribution < 1.29 is 23.2 Å². The van der Waals surface area contributed by atoms with Crippen molar-refractivity contribution in [2.45, 2.75) is 12.8 Å². The first kappa shape index (κ1) is 29.5. The highest BCUT2D eigenvalue weighted by atomic mass is 19.1. The Bertz CT molecular complexity index is 1980. The number of carbonyl (C=O) groups excluding carboxylic acids is 3. The van der Waals surface area contributed by atoms with Crippen LogP contribution in [0.3, 0.4) is 0 Å². The Morgan fingerprint density at radius 3 is 2.46 bits per heavy atom. The number of amides is 3. The quantitative estimate of drug-likeness (QED) is 0.166. The first-order valence-corrected chi connectivity index (χ1v) is 13.9. The van der Waals surface area contributed by atoms with Crippen molar-refractivity contribution in [1.82, 2.24) is 45.6 Å². The average Bonchev–Trinajstić information content (AvgIpc) is 3.86. The van der Waals surface area contributed by atoms with E-state index in [4.69, 9.17) is 4.42 Å². The topological polar surface area (TPSA) is 201 Å². The molecule has 0 radical (unpaired) electrons. The van der Waals surface area contributed by atoms with Crippen LogP contribution in [0.1, 0.15) is 22.5 Å². The molecule has 0 atom stereocenters. The Hall–Kier alpha value is -6.58. The second-order valence-electron chi connectivity index (χ2n) is 9.66. The smallest absolute Gasteiger partial charge is 0.286 e. The minimum absolute atomic E-state index is 0.00604. The Kier molecular flexibility index (Phi) is 8.57. The molecule has 46 heavy (non-hydrogen) atoms. The van der Waals surface area contributed by atoms with Crippen LogP contribution >= 0.6 is 0 Å². The molecule has 5 aromatic heterocycles. The number of benzene rings is 1. The van der Waals surface area contributed by atoms with Crippen molar-refractivity contribution in [3.8, 4) is 23.0 Å². The number of hydrogen-bond donors (Lipinski definition) is 4. The minimum Gasteiger partial charge on any atom is -0.459 e. The van der Waals surface area contributed by atoms with E-state index in [0.29, 0.717) is 17.2 Å². The van der Waals surface area contributed by atoms with Crippen LogP contribution in [0.25, 0.3) is 23.0 Å². The molecule has 5 heterocycles. The van der Waals surface area contributed by atoms with E-state index >= 15 is 0 Å². The van der Waals surface area contributed by atoms with Crippen molar-refractivity contribution in [2.75, 3.05) is 16.8 Å². The Balaban J connectivity index is 1.22. The molecule has 0 unspecified atom stereocenters. The first-order valence-electron chi connectivity index (χ1n) is 13.9. The average molecular weight is 622 g/mol. The van der Waals surface area contributed by atoms with Crippen molar-refractivity contribution in [3.05, 3.63) is 103 Å². The van der Waals surface area contributed by atoms with Gasteiger partial charge in [-0.1, -0.05) is 24.3 Å². The largest absolute Gasteiger partial charge is 0.459 e. The van der Waals surface area contributed by atoms with Crippen LogP contribution in [0.4, 0.5) is 22.0 Å². The number of pyridine rings is 2. The molecule has 0 spiro atoms. The maximum Gasteiger partial charge on any atom is 0.286 e. The van der Waals surface area contributed by atoms with E-state index in [2.05, 4.69) is 51.0 Å². The Morgan fingerprint density at radius 1 is 0.848 bits per heavy atom. The zero-order chi connectivity index (χ0) is 31.9. The summed E-state index contributed by atoms with van der Waals surface area (Å²) in [7, 11) is 0. The number of hydrogen-bond acceptors (Lipinski definition) is 10. The number of aromatic nitrogens is 8. The third-order valence-corrected chi connectivity index (χ3v) is 6.51. The first-order chi connectivity index (χ1) is 22.4. The predicted molar refractivity (Wildman–Crippen MR) is 161 cm³/mol. The number of nitrogens with zero attached hydrogens (tertiary/aromatic N) is 7. The third kappa shape index (κ3) is 6.80. The summed E-state index contributed by atoms with van der Waals surface area (Å²) in [4.78, 5) is 54.2. The molecule has 3 amide bonds. The Labute approximate surface area is 259 Å². The van der Waals surface area contributed by atoms with Gasteiger partial charge in [0.2, 0.25) is 23.7 Å². The van der Waals surface area contributed by atoms with Crippen LogP contribution in [-0.4, -0.2) is 64.6 Å². The second-order valence-corrected chi connectivity index (χ2v) is 9.66. The number of halogens is 1. The fourth-order valence-corrected chi connectivity index (χ4v) is 4.36. The number of carbonyl (C=O) groups is 3. The second kappa shape index (κ2) is 13.4. The highest BCUT2D eigenvalue weighted by molar-refractivity contribution is 6.00. The summed E-state index contributed by atoms with van der Waals surface area (Å²) in [6.07, 6.45) is 4.13. The van der Waals surface area contributed by atoms with Gasteiger partial charge in [0.15, 0.2) is 17.4 Å². The lowest BCUT2D eigenvalue weighted by atomic mass is 10.1. The van der Waals surface area contributed by atoms with Gasteiger partial charge < -0.3 is 19.7 Å². The van der Waals surface area contributed by atoms with Crippen LogP contribution in [0.2, 0.25) is 0 Å². The lowest BCUT2D eigenvalue weighted by Crippen LogP contribution is -2.32. The Morgan fingerprint density at radius 2 is 1.65 bits per heavy atom. The molecule has 0 bridgehead atoms. The minimum atomic E-state index is -0.501. The molecule has 15 nitrogen and oxygen atoms in total. The predicted octanol–water partition coefficient (Wildman–Crippen LogP) is 3.44. The summed E-state index contributed by atoms with van der Waals surface area (Å²) in [6.45, 7) is 0.00604. The zero-order valence-corrected chi connectivity index (χ0v) is 23.8. The summed E-state index contributed by atoms with van der Waals surface area (Å²) in [5, 5.41) is 21.5.